The van der Waals surface area contributed by atoms with Gasteiger partial charge in [-0.1, -0.05) is 0 Å². The largest absolute Gasteiger partial charge is 0.392 e. The smallest absolute Gasteiger partial charge is 0.0627 e. The topological polar surface area (TPSA) is 40.5 Å². The van der Waals surface area contributed by atoms with Crippen molar-refractivity contribution in [3.8, 4) is 0 Å². The Morgan fingerprint density at radius 3 is 1.56 bits per heavy atom. The molecule has 4 fully saturated rings. The molecule has 4 aliphatic rings. The highest BCUT2D eigenvalue weighted by atomic mass is 16.3. The number of rotatable bonds is 0. The van der Waals surface area contributed by atoms with E-state index in [0.29, 0.717) is 17.8 Å². The fraction of sp³-hybridized carbons (Fsp3) is 1.00. The van der Waals surface area contributed by atoms with Crippen LogP contribution in [0.3, 0.4) is 0 Å². The minimum absolute atomic E-state index is 0.144. The molecule has 50 valence electrons. The highest BCUT2D eigenvalue weighted by Crippen LogP contribution is 2.70. The van der Waals surface area contributed by atoms with Crippen LogP contribution in [0, 0.1) is 23.7 Å². The Bertz CT molecular complexity index is 148. The normalized spacial score (nSPS) is 75.3. The van der Waals surface area contributed by atoms with E-state index in [1.54, 1.807) is 0 Å². The molecule has 2 nitrogen and oxygen atoms in total. The van der Waals surface area contributed by atoms with Crippen LogP contribution in [0.25, 0.3) is 0 Å². The second-order valence-corrected chi connectivity index (χ2v) is 3.70. The second kappa shape index (κ2) is 1.06. The number of aliphatic hydroxyl groups is 2. The summed E-state index contributed by atoms with van der Waals surface area (Å²) in [6.07, 6.45) is 0.808. The van der Waals surface area contributed by atoms with Gasteiger partial charge in [0.2, 0.25) is 0 Å². The van der Waals surface area contributed by atoms with Gasteiger partial charge in [-0.05, 0) is 24.2 Å². The van der Waals surface area contributed by atoms with E-state index in [2.05, 4.69) is 0 Å². The van der Waals surface area contributed by atoms with Gasteiger partial charge in [0, 0.05) is 5.92 Å². The molecule has 0 aromatic heterocycles. The minimum Gasteiger partial charge on any atom is -0.392 e. The predicted octanol–water partition coefficient (Wildman–Crippen LogP) is -0.396. The van der Waals surface area contributed by atoms with Crippen LogP contribution in [0.2, 0.25) is 0 Å². The molecule has 0 spiro atoms. The summed E-state index contributed by atoms with van der Waals surface area (Å²) in [4.78, 5) is 0. The average Bonchev–Trinajstić information content (AvgIpc) is 2.18. The fourth-order valence-corrected chi connectivity index (χ4v) is 3.07. The van der Waals surface area contributed by atoms with Crippen molar-refractivity contribution in [1.82, 2.24) is 0 Å². The van der Waals surface area contributed by atoms with Gasteiger partial charge >= 0.3 is 0 Å². The van der Waals surface area contributed by atoms with Crippen molar-refractivity contribution in [3.05, 3.63) is 0 Å². The standard InChI is InChI=1S/C7H10O2/c8-6-3-1-2-4(6)5(2)7(3)9/h2-9H,1H2/t2?,3?,4-,5-,6-,7+/m0/s1. The summed E-state index contributed by atoms with van der Waals surface area (Å²) < 4.78 is 0. The van der Waals surface area contributed by atoms with Gasteiger partial charge in [-0.15, -0.1) is 0 Å². The summed E-state index contributed by atoms with van der Waals surface area (Å²) in [6.45, 7) is 0. The van der Waals surface area contributed by atoms with E-state index in [1.165, 1.54) is 0 Å². The lowest BCUT2D eigenvalue weighted by atomic mass is 10.1. The van der Waals surface area contributed by atoms with Crippen LogP contribution in [-0.4, -0.2) is 22.4 Å². The van der Waals surface area contributed by atoms with Crippen LogP contribution in [0.1, 0.15) is 6.42 Å². The first kappa shape index (κ1) is 4.69. The Hall–Kier alpha value is -0.0800. The molecular formula is C7H10O2. The molecule has 6 atom stereocenters. The number of hydrogen-bond donors (Lipinski definition) is 2. The Kier molecular flexibility index (Phi) is 0.552. The van der Waals surface area contributed by atoms with Crippen molar-refractivity contribution >= 4 is 0 Å². The van der Waals surface area contributed by atoms with Gasteiger partial charge < -0.3 is 10.2 Å². The highest BCUT2D eigenvalue weighted by Gasteiger charge is 2.73. The van der Waals surface area contributed by atoms with E-state index < -0.39 is 0 Å². The molecule has 0 radical (unpaired) electrons. The highest BCUT2D eigenvalue weighted by molar-refractivity contribution is 5.21. The first-order valence-corrected chi connectivity index (χ1v) is 3.67. The van der Waals surface area contributed by atoms with Crippen molar-refractivity contribution in [2.24, 2.45) is 23.7 Å². The lowest BCUT2D eigenvalue weighted by Gasteiger charge is -2.09. The van der Waals surface area contributed by atoms with Crippen molar-refractivity contribution in [1.29, 1.82) is 0 Å². The zero-order valence-electron chi connectivity index (χ0n) is 5.07. The van der Waals surface area contributed by atoms with Gasteiger partial charge in [0.25, 0.3) is 0 Å². The van der Waals surface area contributed by atoms with E-state index in [1.807, 2.05) is 0 Å². The molecule has 0 amide bonds. The lowest BCUT2D eigenvalue weighted by molar-refractivity contribution is 0.0713. The van der Waals surface area contributed by atoms with Crippen molar-refractivity contribution in [2.75, 3.05) is 0 Å². The number of hydrogen-bond acceptors (Lipinski definition) is 2. The van der Waals surface area contributed by atoms with Crippen molar-refractivity contribution in [3.63, 3.8) is 0 Å². The van der Waals surface area contributed by atoms with E-state index in [0.717, 1.165) is 6.42 Å². The van der Waals surface area contributed by atoms with Crippen molar-refractivity contribution in [2.45, 2.75) is 18.6 Å². The predicted molar refractivity (Wildman–Crippen MR) is 30.6 cm³/mol. The van der Waals surface area contributed by atoms with Gasteiger partial charge in [0.1, 0.15) is 0 Å². The average molecular weight is 126 g/mol. The zero-order chi connectivity index (χ0) is 6.17. The zero-order valence-corrected chi connectivity index (χ0v) is 5.07. The quantitative estimate of drug-likeness (QED) is 0.464. The van der Waals surface area contributed by atoms with Gasteiger partial charge in [-0.3, -0.25) is 0 Å². The molecule has 4 rings (SSSR count). The molecule has 0 aromatic carbocycles. The van der Waals surface area contributed by atoms with E-state index in [-0.39, 0.29) is 18.1 Å². The summed E-state index contributed by atoms with van der Waals surface area (Å²) >= 11 is 0. The molecule has 0 aromatic rings. The Labute approximate surface area is 53.5 Å². The molecule has 0 aliphatic heterocycles. The Morgan fingerprint density at radius 1 is 0.889 bits per heavy atom. The summed E-state index contributed by atoms with van der Waals surface area (Å²) in [5.74, 6) is 1.97. The summed E-state index contributed by atoms with van der Waals surface area (Å²) in [6, 6.07) is 0. The van der Waals surface area contributed by atoms with E-state index in [9.17, 15) is 10.2 Å². The van der Waals surface area contributed by atoms with Gasteiger partial charge in [-0.25, -0.2) is 0 Å². The van der Waals surface area contributed by atoms with Crippen LogP contribution >= 0.6 is 0 Å². The third-order valence-corrected chi connectivity index (χ3v) is 3.50. The Morgan fingerprint density at radius 2 is 1.44 bits per heavy atom. The molecule has 2 unspecified atom stereocenters. The van der Waals surface area contributed by atoms with Crippen LogP contribution in [0.5, 0.6) is 0 Å². The second-order valence-electron chi connectivity index (χ2n) is 3.70. The Balaban J connectivity index is 2.07. The van der Waals surface area contributed by atoms with Gasteiger partial charge in [-0.2, -0.15) is 0 Å². The monoisotopic (exact) mass is 126 g/mol. The molecule has 2 heteroatoms. The molecule has 0 saturated heterocycles. The van der Waals surface area contributed by atoms with Gasteiger partial charge in [0.05, 0.1) is 12.2 Å². The third-order valence-electron chi connectivity index (χ3n) is 3.50. The van der Waals surface area contributed by atoms with Crippen molar-refractivity contribution < 1.29 is 10.2 Å². The van der Waals surface area contributed by atoms with Crippen LogP contribution in [0.15, 0.2) is 0 Å². The fourth-order valence-electron chi connectivity index (χ4n) is 3.07. The molecule has 4 bridgehead atoms. The maximum atomic E-state index is 9.36. The maximum absolute atomic E-state index is 9.36. The molecule has 4 saturated carbocycles. The van der Waals surface area contributed by atoms with Crippen LogP contribution in [0.4, 0.5) is 0 Å². The molecule has 9 heavy (non-hydrogen) atoms. The SMILES string of the molecule is O[C@@H]1C2CC3[C@H]1[C@H]3[C@H]2O. The number of aliphatic hydroxyl groups excluding tert-OH is 2. The summed E-state index contributed by atoms with van der Waals surface area (Å²) in [5, 5.41) is 18.7. The van der Waals surface area contributed by atoms with Gasteiger partial charge in [0.15, 0.2) is 0 Å². The third kappa shape index (κ3) is 0.310. The summed E-state index contributed by atoms with van der Waals surface area (Å²) in [5.41, 5.74) is 0. The molecule has 2 N–H and O–H groups in total. The first-order chi connectivity index (χ1) is 4.30. The lowest BCUT2D eigenvalue weighted by Crippen LogP contribution is -2.19. The molecular weight excluding hydrogens is 116 g/mol. The maximum Gasteiger partial charge on any atom is 0.0627 e. The first-order valence-electron chi connectivity index (χ1n) is 3.67. The minimum atomic E-state index is -0.144. The molecule has 0 heterocycles. The van der Waals surface area contributed by atoms with Crippen LogP contribution < -0.4 is 0 Å². The van der Waals surface area contributed by atoms with E-state index in [4.69, 9.17) is 0 Å². The van der Waals surface area contributed by atoms with E-state index >= 15 is 0 Å². The summed E-state index contributed by atoms with van der Waals surface area (Å²) in [7, 11) is 0. The van der Waals surface area contributed by atoms with Crippen LogP contribution in [-0.2, 0) is 0 Å². The molecule has 4 aliphatic carbocycles.